The lowest BCUT2D eigenvalue weighted by Gasteiger charge is -2.21. The summed E-state index contributed by atoms with van der Waals surface area (Å²) >= 11 is 7.19. The van der Waals surface area contributed by atoms with Gasteiger partial charge in [0.15, 0.2) is 15.0 Å². The van der Waals surface area contributed by atoms with Crippen molar-refractivity contribution in [3.63, 3.8) is 0 Å². The molecule has 0 aliphatic rings. The normalized spacial score (nSPS) is 11.4. The van der Waals surface area contributed by atoms with Gasteiger partial charge in [0, 0.05) is 11.6 Å². The van der Waals surface area contributed by atoms with Crippen LogP contribution in [0.2, 0.25) is 5.02 Å². The minimum Gasteiger partial charge on any atom is -0.497 e. The smallest absolute Gasteiger partial charge is 0.244 e. The Kier molecular flexibility index (Phi) is 9.29. The van der Waals surface area contributed by atoms with Crippen LogP contribution in [0.4, 0.5) is 5.13 Å². The summed E-state index contributed by atoms with van der Waals surface area (Å²) in [6.45, 7) is 1.12. The summed E-state index contributed by atoms with van der Waals surface area (Å²) in [5, 5.41) is 0.902. The van der Waals surface area contributed by atoms with E-state index in [2.05, 4.69) is 4.98 Å². The maximum Gasteiger partial charge on any atom is 0.244 e. The van der Waals surface area contributed by atoms with Gasteiger partial charge in [0.05, 0.1) is 22.2 Å². The summed E-state index contributed by atoms with van der Waals surface area (Å²) in [6, 6.07) is 11.3. The molecule has 0 aliphatic heterocycles. The summed E-state index contributed by atoms with van der Waals surface area (Å²) < 4.78 is 31.7. The standard InChI is InChI=1S/C21H24ClN3O4S2.ClH/c1-24(2)11-4-12-25(21-23-18-10-7-16(29-3)13-19(18)30-21)20(26)14-31(27,28)17-8-5-15(22)6-9-17;/h5-10,13H,4,11-12,14H2,1-3H3;1H. The molecule has 1 amide bonds. The van der Waals surface area contributed by atoms with E-state index in [1.807, 2.05) is 31.1 Å². The van der Waals surface area contributed by atoms with Crippen LogP contribution in [0.5, 0.6) is 5.75 Å². The molecule has 7 nitrogen and oxygen atoms in total. The number of nitrogens with zero attached hydrogens (tertiary/aromatic N) is 3. The second-order valence-electron chi connectivity index (χ2n) is 7.25. The summed E-state index contributed by atoms with van der Waals surface area (Å²) in [7, 11) is 1.66. The van der Waals surface area contributed by atoms with E-state index in [0.29, 0.717) is 28.9 Å². The first-order valence-electron chi connectivity index (χ1n) is 9.57. The van der Waals surface area contributed by atoms with Gasteiger partial charge in [0.2, 0.25) is 5.91 Å². The average molecular weight is 518 g/mol. The number of ether oxygens (including phenoxy) is 1. The number of rotatable bonds is 9. The molecule has 3 aromatic rings. The van der Waals surface area contributed by atoms with Gasteiger partial charge < -0.3 is 9.64 Å². The number of benzene rings is 2. The topological polar surface area (TPSA) is 79.8 Å². The number of anilines is 1. The maximum absolute atomic E-state index is 13.1. The van der Waals surface area contributed by atoms with Gasteiger partial charge in [-0.25, -0.2) is 13.4 Å². The number of halogens is 2. The van der Waals surface area contributed by atoms with Crippen LogP contribution in [0.1, 0.15) is 6.42 Å². The van der Waals surface area contributed by atoms with E-state index in [9.17, 15) is 13.2 Å². The van der Waals surface area contributed by atoms with Crippen LogP contribution in [0.3, 0.4) is 0 Å². The second kappa shape index (κ2) is 11.3. The minimum absolute atomic E-state index is 0. The lowest BCUT2D eigenvalue weighted by Crippen LogP contribution is -2.37. The molecule has 0 spiro atoms. The predicted molar refractivity (Wildman–Crippen MR) is 132 cm³/mol. The number of thiazole rings is 1. The van der Waals surface area contributed by atoms with E-state index < -0.39 is 21.5 Å². The molecule has 0 bridgehead atoms. The highest BCUT2D eigenvalue weighted by molar-refractivity contribution is 7.92. The average Bonchev–Trinajstić information content (AvgIpc) is 3.13. The van der Waals surface area contributed by atoms with E-state index in [1.165, 1.54) is 40.5 Å². The Morgan fingerprint density at radius 1 is 1.12 bits per heavy atom. The molecule has 3 rings (SSSR count). The van der Waals surface area contributed by atoms with Crippen molar-refractivity contribution in [2.45, 2.75) is 11.3 Å². The molecule has 0 unspecified atom stereocenters. The maximum atomic E-state index is 13.1. The van der Waals surface area contributed by atoms with Crippen LogP contribution in [-0.2, 0) is 14.6 Å². The molecule has 0 atom stereocenters. The lowest BCUT2D eigenvalue weighted by molar-refractivity contribution is -0.116. The number of amides is 1. The van der Waals surface area contributed by atoms with Gasteiger partial charge in [-0.2, -0.15) is 0 Å². The monoisotopic (exact) mass is 517 g/mol. The molecule has 1 heterocycles. The molecule has 0 radical (unpaired) electrons. The number of aromatic nitrogens is 1. The van der Waals surface area contributed by atoms with Crippen molar-refractivity contribution >= 4 is 66.4 Å². The highest BCUT2D eigenvalue weighted by atomic mass is 35.5. The van der Waals surface area contributed by atoms with E-state index in [-0.39, 0.29) is 17.3 Å². The third-order valence-corrected chi connectivity index (χ3v) is 7.50. The molecule has 1 aromatic heterocycles. The van der Waals surface area contributed by atoms with Crippen LogP contribution in [0.25, 0.3) is 10.2 Å². The van der Waals surface area contributed by atoms with E-state index in [4.69, 9.17) is 16.3 Å². The molecular formula is C21H25Cl2N3O4S2. The predicted octanol–water partition coefficient (Wildman–Crippen LogP) is 4.14. The molecule has 0 saturated heterocycles. The Balaban J connectivity index is 0.00000363. The van der Waals surface area contributed by atoms with E-state index >= 15 is 0 Å². The van der Waals surface area contributed by atoms with Gasteiger partial charge in [-0.1, -0.05) is 22.9 Å². The van der Waals surface area contributed by atoms with Crippen molar-refractivity contribution < 1.29 is 17.9 Å². The molecule has 2 aromatic carbocycles. The molecule has 0 fully saturated rings. The third kappa shape index (κ3) is 6.55. The van der Waals surface area contributed by atoms with Crippen molar-refractivity contribution in [2.24, 2.45) is 0 Å². The summed E-state index contributed by atoms with van der Waals surface area (Å²) in [5.74, 6) is -0.464. The van der Waals surface area contributed by atoms with Crippen molar-refractivity contribution in [1.82, 2.24) is 9.88 Å². The highest BCUT2D eigenvalue weighted by Gasteiger charge is 2.26. The quantitative estimate of drug-likeness (QED) is 0.424. The van der Waals surface area contributed by atoms with Crippen molar-refractivity contribution in [1.29, 1.82) is 0 Å². The number of methoxy groups -OCH3 is 1. The molecular weight excluding hydrogens is 493 g/mol. The van der Waals surface area contributed by atoms with Crippen molar-refractivity contribution in [3.05, 3.63) is 47.5 Å². The Morgan fingerprint density at radius 2 is 1.81 bits per heavy atom. The largest absolute Gasteiger partial charge is 0.497 e. The minimum atomic E-state index is -3.81. The zero-order chi connectivity index (χ0) is 22.6. The van der Waals surface area contributed by atoms with Crippen LogP contribution in [0.15, 0.2) is 47.4 Å². The van der Waals surface area contributed by atoms with Crippen LogP contribution in [-0.4, -0.2) is 64.3 Å². The summed E-state index contributed by atoms with van der Waals surface area (Å²) in [6.07, 6.45) is 0.680. The zero-order valence-corrected chi connectivity index (χ0v) is 21.2. The first-order valence-corrected chi connectivity index (χ1v) is 12.4. The van der Waals surface area contributed by atoms with Gasteiger partial charge in [-0.15, -0.1) is 12.4 Å². The molecule has 32 heavy (non-hydrogen) atoms. The summed E-state index contributed by atoms with van der Waals surface area (Å²) in [5.41, 5.74) is 0.728. The Bertz CT molecular complexity index is 1170. The van der Waals surface area contributed by atoms with Gasteiger partial charge in [-0.05, 0) is 69.5 Å². The van der Waals surface area contributed by atoms with E-state index in [1.54, 1.807) is 13.2 Å². The first kappa shape index (κ1) is 26.3. The van der Waals surface area contributed by atoms with Gasteiger partial charge >= 0.3 is 0 Å². The third-order valence-electron chi connectivity index (χ3n) is 4.59. The number of carbonyl (C=O) groups is 1. The van der Waals surface area contributed by atoms with Gasteiger partial charge in [-0.3, -0.25) is 9.69 Å². The first-order chi connectivity index (χ1) is 14.7. The number of hydrogen-bond donors (Lipinski definition) is 0. The summed E-state index contributed by atoms with van der Waals surface area (Å²) in [4.78, 5) is 21.2. The fraction of sp³-hybridized carbons (Fsp3) is 0.333. The van der Waals surface area contributed by atoms with Crippen molar-refractivity contribution in [3.8, 4) is 5.75 Å². The second-order valence-corrected chi connectivity index (χ2v) is 10.7. The fourth-order valence-electron chi connectivity index (χ4n) is 2.97. The van der Waals surface area contributed by atoms with E-state index in [0.717, 1.165) is 16.8 Å². The Labute approximate surface area is 203 Å². The lowest BCUT2D eigenvalue weighted by atomic mass is 10.3. The van der Waals surface area contributed by atoms with Gasteiger partial charge in [0.1, 0.15) is 11.5 Å². The fourth-order valence-corrected chi connectivity index (χ4v) is 5.33. The van der Waals surface area contributed by atoms with Crippen LogP contribution in [0, 0.1) is 0 Å². The molecule has 0 aliphatic carbocycles. The number of sulfone groups is 1. The molecule has 0 N–H and O–H groups in total. The number of fused-ring (bicyclic) bond motifs is 1. The Morgan fingerprint density at radius 3 is 2.44 bits per heavy atom. The highest BCUT2D eigenvalue weighted by Crippen LogP contribution is 2.32. The molecule has 174 valence electrons. The Hall–Kier alpha value is -1.91. The van der Waals surface area contributed by atoms with Crippen LogP contribution >= 0.6 is 35.3 Å². The number of carbonyl (C=O) groups excluding carboxylic acids is 1. The van der Waals surface area contributed by atoms with Crippen molar-refractivity contribution in [2.75, 3.05) is 44.9 Å². The number of hydrogen-bond acceptors (Lipinski definition) is 7. The van der Waals surface area contributed by atoms with Gasteiger partial charge in [0.25, 0.3) is 0 Å². The zero-order valence-electron chi connectivity index (χ0n) is 17.9. The SMILES string of the molecule is COc1ccc2nc(N(CCCN(C)C)C(=O)CS(=O)(=O)c3ccc(Cl)cc3)sc2c1.Cl. The molecule has 11 heteroatoms. The molecule has 0 saturated carbocycles. The van der Waals surface area contributed by atoms with Crippen LogP contribution < -0.4 is 9.64 Å².